The predicted octanol–water partition coefficient (Wildman–Crippen LogP) is 3.37. The molecule has 0 saturated heterocycles. The summed E-state index contributed by atoms with van der Waals surface area (Å²) in [5, 5.41) is 2.54. The Balaban J connectivity index is 1.38. The van der Waals surface area contributed by atoms with Gasteiger partial charge in [0.15, 0.2) is 5.78 Å². The maximum atomic E-state index is 12.5. The van der Waals surface area contributed by atoms with Crippen LogP contribution >= 0.6 is 0 Å². The lowest BCUT2D eigenvalue weighted by Gasteiger charge is -2.08. The maximum Gasteiger partial charge on any atom is 0.325 e. The molecular formula is C23H17NO4. The molecule has 3 aromatic carbocycles. The largest absolute Gasteiger partial charge is 0.460 e. The minimum absolute atomic E-state index is 0.0949. The summed E-state index contributed by atoms with van der Waals surface area (Å²) in [5.74, 6) is -1.05. The SMILES string of the molecule is O=C(CNC(=O)c1ccc2c(c1)C(=O)c1ccccc1-2)OCc1ccccc1. The molecule has 1 amide bonds. The number of rotatable bonds is 5. The summed E-state index contributed by atoms with van der Waals surface area (Å²) in [6, 6.07) is 21.7. The molecule has 0 atom stereocenters. The Bertz CT molecular complexity index is 1070. The Labute approximate surface area is 162 Å². The molecule has 4 rings (SSSR count). The molecule has 0 aliphatic heterocycles. The second kappa shape index (κ2) is 7.48. The van der Waals surface area contributed by atoms with Crippen molar-refractivity contribution in [3.63, 3.8) is 0 Å². The molecule has 0 spiro atoms. The highest BCUT2D eigenvalue weighted by atomic mass is 16.5. The summed E-state index contributed by atoms with van der Waals surface area (Å²) in [4.78, 5) is 36.8. The zero-order valence-corrected chi connectivity index (χ0v) is 15.0. The van der Waals surface area contributed by atoms with E-state index in [1.165, 1.54) is 0 Å². The molecule has 1 aliphatic carbocycles. The van der Waals surface area contributed by atoms with Crippen LogP contribution < -0.4 is 5.32 Å². The van der Waals surface area contributed by atoms with Gasteiger partial charge in [0.25, 0.3) is 5.91 Å². The first-order chi connectivity index (χ1) is 13.6. The standard InChI is InChI=1S/C23H17NO4/c25-21(28-14-15-6-2-1-3-7-15)13-24-23(27)16-10-11-18-17-8-4-5-9-19(17)22(26)20(18)12-16/h1-12H,13-14H2,(H,24,27). The molecule has 0 fully saturated rings. The van der Waals surface area contributed by atoms with Crippen LogP contribution in [-0.4, -0.2) is 24.2 Å². The van der Waals surface area contributed by atoms with Gasteiger partial charge in [0.05, 0.1) is 0 Å². The number of hydrogen-bond acceptors (Lipinski definition) is 4. The molecule has 0 aromatic heterocycles. The van der Waals surface area contributed by atoms with Crippen molar-refractivity contribution in [3.8, 4) is 11.1 Å². The summed E-state index contributed by atoms with van der Waals surface area (Å²) in [6.07, 6.45) is 0. The first-order valence-electron chi connectivity index (χ1n) is 8.89. The van der Waals surface area contributed by atoms with Gasteiger partial charge in [-0.15, -0.1) is 0 Å². The molecule has 28 heavy (non-hydrogen) atoms. The predicted molar refractivity (Wildman–Crippen MR) is 104 cm³/mol. The quantitative estimate of drug-likeness (QED) is 0.546. The number of ether oxygens (including phenoxy) is 1. The van der Waals surface area contributed by atoms with Gasteiger partial charge in [-0.25, -0.2) is 0 Å². The van der Waals surface area contributed by atoms with Crippen LogP contribution in [-0.2, 0) is 16.1 Å². The third kappa shape index (κ3) is 3.42. The van der Waals surface area contributed by atoms with Crippen LogP contribution in [0.3, 0.4) is 0 Å². The van der Waals surface area contributed by atoms with Crippen molar-refractivity contribution in [2.24, 2.45) is 0 Å². The van der Waals surface area contributed by atoms with Gasteiger partial charge in [-0.2, -0.15) is 0 Å². The third-order valence-electron chi connectivity index (χ3n) is 4.62. The summed E-state index contributed by atoms with van der Waals surface area (Å²) in [6.45, 7) is -0.0852. The number of benzene rings is 3. The van der Waals surface area contributed by atoms with Crippen molar-refractivity contribution in [3.05, 3.63) is 95.1 Å². The van der Waals surface area contributed by atoms with Gasteiger partial charge < -0.3 is 10.1 Å². The second-order valence-corrected chi connectivity index (χ2v) is 6.46. The average Bonchev–Trinajstić information content (AvgIpc) is 3.03. The summed E-state index contributed by atoms with van der Waals surface area (Å²) < 4.78 is 5.14. The molecule has 0 saturated carbocycles. The Morgan fingerprint density at radius 1 is 0.786 bits per heavy atom. The number of nitrogens with one attached hydrogen (secondary N) is 1. The fourth-order valence-corrected chi connectivity index (χ4v) is 3.21. The monoisotopic (exact) mass is 371 g/mol. The summed E-state index contributed by atoms with van der Waals surface area (Å²) in [5.41, 5.74) is 4.04. The van der Waals surface area contributed by atoms with E-state index in [1.54, 1.807) is 24.3 Å². The van der Waals surface area contributed by atoms with Gasteiger partial charge in [-0.05, 0) is 28.8 Å². The molecular weight excluding hydrogens is 354 g/mol. The van der Waals surface area contributed by atoms with E-state index in [1.807, 2.05) is 48.5 Å². The van der Waals surface area contributed by atoms with E-state index < -0.39 is 11.9 Å². The van der Waals surface area contributed by atoms with Crippen LogP contribution in [0.15, 0.2) is 72.8 Å². The van der Waals surface area contributed by atoms with Crippen molar-refractivity contribution in [1.82, 2.24) is 5.32 Å². The third-order valence-corrected chi connectivity index (χ3v) is 4.62. The fourth-order valence-electron chi connectivity index (χ4n) is 3.21. The highest BCUT2D eigenvalue weighted by molar-refractivity contribution is 6.22. The molecule has 5 heteroatoms. The molecule has 1 aliphatic rings. The number of carbonyl (C=O) groups is 3. The Hall–Kier alpha value is -3.73. The average molecular weight is 371 g/mol. The number of carbonyl (C=O) groups excluding carboxylic acids is 3. The minimum Gasteiger partial charge on any atom is -0.460 e. The summed E-state index contributed by atoms with van der Waals surface area (Å²) >= 11 is 0. The van der Waals surface area contributed by atoms with E-state index in [4.69, 9.17) is 4.74 Å². The Kier molecular flexibility index (Phi) is 4.72. The molecule has 138 valence electrons. The Morgan fingerprint density at radius 3 is 2.25 bits per heavy atom. The van der Waals surface area contributed by atoms with Crippen LogP contribution in [0.1, 0.15) is 31.8 Å². The van der Waals surface area contributed by atoms with Crippen LogP contribution in [0.4, 0.5) is 0 Å². The smallest absolute Gasteiger partial charge is 0.325 e. The van der Waals surface area contributed by atoms with Crippen molar-refractivity contribution in [2.75, 3.05) is 6.54 Å². The van der Waals surface area contributed by atoms with E-state index in [0.29, 0.717) is 16.7 Å². The van der Waals surface area contributed by atoms with Gasteiger partial charge in [0.2, 0.25) is 0 Å². The molecule has 3 aromatic rings. The molecule has 0 radical (unpaired) electrons. The van der Waals surface area contributed by atoms with Gasteiger partial charge in [0.1, 0.15) is 13.2 Å². The highest BCUT2D eigenvalue weighted by Gasteiger charge is 2.27. The first kappa shape index (κ1) is 17.7. The highest BCUT2D eigenvalue weighted by Crippen LogP contribution is 2.36. The van der Waals surface area contributed by atoms with E-state index >= 15 is 0 Å². The molecule has 5 nitrogen and oxygen atoms in total. The van der Waals surface area contributed by atoms with E-state index in [0.717, 1.165) is 16.7 Å². The molecule has 1 N–H and O–H groups in total. The number of esters is 1. The normalized spacial score (nSPS) is 11.5. The molecule has 0 unspecified atom stereocenters. The number of ketones is 1. The fraction of sp³-hybridized carbons (Fsp3) is 0.0870. The number of hydrogen-bond donors (Lipinski definition) is 1. The Morgan fingerprint density at radius 2 is 1.46 bits per heavy atom. The molecule has 0 bridgehead atoms. The lowest BCUT2D eigenvalue weighted by Crippen LogP contribution is -2.30. The first-order valence-corrected chi connectivity index (χ1v) is 8.89. The van der Waals surface area contributed by atoms with E-state index in [-0.39, 0.29) is 18.9 Å². The van der Waals surface area contributed by atoms with Gasteiger partial charge in [-0.1, -0.05) is 60.7 Å². The van der Waals surface area contributed by atoms with Gasteiger partial charge in [0, 0.05) is 16.7 Å². The van der Waals surface area contributed by atoms with Gasteiger partial charge >= 0.3 is 5.97 Å². The molecule has 0 heterocycles. The zero-order chi connectivity index (χ0) is 19.5. The van der Waals surface area contributed by atoms with Crippen LogP contribution in [0.25, 0.3) is 11.1 Å². The minimum atomic E-state index is -0.526. The van der Waals surface area contributed by atoms with Crippen LogP contribution in [0, 0.1) is 0 Å². The van der Waals surface area contributed by atoms with Crippen molar-refractivity contribution >= 4 is 17.7 Å². The van der Waals surface area contributed by atoms with Gasteiger partial charge in [-0.3, -0.25) is 14.4 Å². The number of amides is 1. The lowest BCUT2D eigenvalue weighted by molar-refractivity contribution is -0.143. The lowest BCUT2D eigenvalue weighted by atomic mass is 10.0. The topological polar surface area (TPSA) is 72.5 Å². The van der Waals surface area contributed by atoms with Crippen LogP contribution in [0.2, 0.25) is 0 Å². The van der Waals surface area contributed by atoms with E-state index in [2.05, 4.69) is 5.32 Å². The van der Waals surface area contributed by atoms with Crippen molar-refractivity contribution < 1.29 is 19.1 Å². The summed E-state index contributed by atoms with van der Waals surface area (Å²) in [7, 11) is 0. The maximum absolute atomic E-state index is 12.5. The zero-order valence-electron chi connectivity index (χ0n) is 15.0. The van der Waals surface area contributed by atoms with Crippen molar-refractivity contribution in [1.29, 1.82) is 0 Å². The second-order valence-electron chi connectivity index (χ2n) is 6.46. The van der Waals surface area contributed by atoms with Crippen molar-refractivity contribution in [2.45, 2.75) is 6.61 Å². The van der Waals surface area contributed by atoms with Crippen LogP contribution in [0.5, 0.6) is 0 Å². The number of fused-ring (bicyclic) bond motifs is 3. The van der Waals surface area contributed by atoms with E-state index in [9.17, 15) is 14.4 Å².